The zero-order valence-corrected chi connectivity index (χ0v) is 16.6. The predicted molar refractivity (Wildman–Crippen MR) is 109 cm³/mol. The second-order valence-corrected chi connectivity index (χ2v) is 6.97. The molecule has 0 spiro atoms. The Balaban J connectivity index is 1.66. The van der Waals surface area contributed by atoms with E-state index in [0.717, 1.165) is 11.3 Å². The van der Waals surface area contributed by atoms with E-state index in [1.165, 1.54) is 18.7 Å². The van der Waals surface area contributed by atoms with Crippen molar-refractivity contribution < 1.29 is 14.3 Å². The standard InChI is InChI=1S/C20H20N4O3S/c1-13(25)16-6-4-5-7-17(16)21-18(26)12-28-20-23-22-19(24(20)2)14-8-10-15(27-3)11-9-14/h4-11H,12H2,1-3H3,(H,21,26). The molecule has 28 heavy (non-hydrogen) atoms. The first-order valence-electron chi connectivity index (χ1n) is 8.56. The Morgan fingerprint density at radius 3 is 2.50 bits per heavy atom. The minimum atomic E-state index is -0.215. The van der Waals surface area contributed by atoms with E-state index in [2.05, 4.69) is 15.5 Å². The van der Waals surface area contributed by atoms with Crippen LogP contribution in [0.25, 0.3) is 11.4 Å². The quantitative estimate of drug-likeness (QED) is 0.486. The lowest BCUT2D eigenvalue weighted by Crippen LogP contribution is -2.16. The number of aromatic nitrogens is 3. The zero-order chi connectivity index (χ0) is 20.1. The van der Waals surface area contributed by atoms with Crippen LogP contribution < -0.4 is 10.1 Å². The van der Waals surface area contributed by atoms with Crippen LogP contribution in [0.3, 0.4) is 0 Å². The van der Waals surface area contributed by atoms with E-state index in [9.17, 15) is 9.59 Å². The van der Waals surface area contributed by atoms with E-state index in [4.69, 9.17) is 4.74 Å². The Morgan fingerprint density at radius 2 is 1.82 bits per heavy atom. The highest BCUT2D eigenvalue weighted by Crippen LogP contribution is 2.24. The third-order valence-electron chi connectivity index (χ3n) is 4.10. The molecule has 0 atom stereocenters. The molecule has 0 fully saturated rings. The van der Waals surface area contributed by atoms with Gasteiger partial charge < -0.3 is 14.6 Å². The molecule has 3 rings (SSSR count). The molecule has 1 amide bonds. The summed E-state index contributed by atoms with van der Waals surface area (Å²) in [7, 11) is 3.47. The maximum atomic E-state index is 12.3. The van der Waals surface area contributed by atoms with Crippen LogP contribution in [-0.2, 0) is 11.8 Å². The van der Waals surface area contributed by atoms with Gasteiger partial charge in [-0.15, -0.1) is 10.2 Å². The van der Waals surface area contributed by atoms with Gasteiger partial charge in [-0.05, 0) is 43.3 Å². The van der Waals surface area contributed by atoms with Gasteiger partial charge in [0.2, 0.25) is 5.91 Å². The van der Waals surface area contributed by atoms with Crippen LogP contribution >= 0.6 is 11.8 Å². The summed E-state index contributed by atoms with van der Waals surface area (Å²) in [5.41, 5.74) is 1.90. The third-order valence-corrected chi connectivity index (χ3v) is 5.12. The lowest BCUT2D eigenvalue weighted by Gasteiger charge is -2.09. The molecule has 0 aliphatic heterocycles. The molecule has 1 heterocycles. The fourth-order valence-electron chi connectivity index (χ4n) is 2.65. The fraction of sp³-hybridized carbons (Fsp3) is 0.200. The molecule has 0 radical (unpaired) electrons. The molecule has 1 N–H and O–H groups in total. The number of nitrogens with one attached hydrogen (secondary N) is 1. The number of thioether (sulfide) groups is 1. The first kappa shape index (κ1) is 19.6. The first-order chi connectivity index (χ1) is 13.5. The minimum absolute atomic E-state index is 0.0963. The van der Waals surface area contributed by atoms with E-state index in [-0.39, 0.29) is 17.4 Å². The smallest absolute Gasteiger partial charge is 0.234 e. The van der Waals surface area contributed by atoms with Gasteiger partial charge in [0.1, 0.15) is 5.75 Å². The van der Waals surface area contributed by atoms with E-state index in [1.807, 2.05) is 35.9 Å². The van der Waals surface area contributed by atoms with Crippen LogP contribution in [0, 0.1) is 0 Å². The molecule has 0 aliphatic carbocycles. The number of para-hydroxylation sites is 1. The monoisotopic (exact) mass is 396 g/mol. The number of nitrogens with zero attached hydrogens (tertiary/aromatic N) is 3. The van der Waals surface area contributed by atoms with Gasteiger partial charge in [-0.1, -0.05) is 23.9 Å². The maximum absolute atomic E-state index is 12.3. The molecule has 0 saturated heterocycles. The Labute approximate surface area is 167 Å². The average molecular weight is 396 g/mol. The van der Waals surface area contributed by atoms with Crippen LogP contribution in [0.1, 0.15) is 17.3 Å². The van der Waals surface area contributed by atoms with Crippen molar-refractivity contribution in [2.45, 2.75) is 12.1 Å². The van der Waals surface area contributed by atoms with Crippen LogP contribution in [0.15, 0.2) is 53.7 Å². The van der Waals surface area contributed by atoms with Gasteiger partial charge in [0.25, 0.3) is 0 Å². The van der Waals surface area contributed by atoms with Gasteiger partial charge in [0.15, 0.2) is 16.8 Å². The van der Waals surface area contributed by atoms with Gasteiger partial charge in [-0.25, -0.2) is 0 Å². The number of rotatable bonds is 7. The highest BCUT2D eigenvalue weighted by molar-refractivity contribution is 7.99. The molecule has 1 aromatic heterocycles. The second-order valence-electron chi connectivity index (χ2n) is 6.03. The van der Waals surface area contributed by atoms with Crippen molar-refractivity contribution in [3.05, 3.63) is 54.1 Å². The highest BCUT2D eigenvalue weighted by atomic mass is 32.2. The molecule has 0 unspecified atom stereocenters. The molecule has 8 heteroatoms. The van der Waals surface area contributed by atoms with E-state index in [0.29, 0.717) is 22.2 Å². The van der Waals surface area contributed by atoms with Crippen LogP contribution in [0.4, 0.5) is 5.69 Å². The summed E-state index contributed by atoms with van der Waals surface area (Å²) in [6.45, 7) is 1.47. The fourth-order valence-corrected chi connectivity index (χ4v) is 3.36. The van der Waals surface area contributed by atoms with Gasteiger partial charge in [-0.3, -0.25) is 9.59 Å². The number of anilines is 1. The number of hydrogen-bond acceptors (Lipinski definition) is 6. The number of ether oxygens (including phenoxy) is 1. The van der Waals surface area contributed by atoms with E-state index < -0.39 is 0 Å². The van der Waals surface area contributed by atoms with Gasteiger partial charge >= 0.3 is 0 Å². The largest absolute Gasteiger partial charge is 0.497 e. The molecule has 2 aromatic carbocycles. The number of Topliss-reactive ketones (excluding diaryl/α,β-unsaturated/α-hetero) is 1. The third kappa shape index (κ3) is 4.40. The van der Waals surface area contributed by atoms with Gasteiger partial charge in [0, 0.05) is 18.2 Å². The van der Waals surface area contributed by atoms with Crippen LogP contribution in [-0.4, -0.2) is 39.3 Å². The lowest BCUT2D eigenvalue weighted by atomic mass is 10.1. The molecular weight excluding hydrogens is 376 g/mol. The van der Waals surface area contributed by atoms with E-state index >= 15 is 0 Å². The highest BCUT2D eigenvalue weighted by Gasteiger charge is 2.14. The normalized spacial score (nSPS) is 10.5. The first-order valence-corrected chi connectivity index (χ1v) is 9.54. The summed E-state index contributed by atoms with van der Waals surface area (Å²) in [5.74, 6) is 1.31. The summed E-state index contributed by atoms with van der Waals surface area (Å²) in [6.07, 6.45) is 0. The summed E-state index contributed by atoms with van der Waals surface area (Å²) in [6, 6.07) is 14.5. The van der Waals surface area contributed by atoms with Crippen molar-refractivity contribution >= 4 is 29.1 Å². The van der Waals surface area contributed by atoms with Crippen molar-refractivity contribution in [1.29, 1.82) is 0 Å². The number of methoxy groups -OCH3 is 1. The van der Waals surface area contributed by atoms with Crippen molar-refractivity contribution in [2.75, 3.05) is 18.2 Å². The number of benzene rings is 2. The van der Waals surface area contributed by atoms with Crippen molar-refractivity contribution in [2.24, 2.45) is 7.05 Å². The Kier molecular flexibility index (Phi) is 6.10. The summed E-state index contributed by atoms with van der Waals surface area (Å²) < 4.78 is 7.00. The van der Waals surface area contributed by atoms with E-state index in [1.54, 1.807) is 31.4 Å². The Bertz CT molecular complexity index is 999. The Hall–Kier alpha value is -3.13. The van der Waals surface area contributed by atoms with Crippen molar-refractivity contribution in [3.8, 4) is 17.1 Å². The number of hydrogen-bond donors (Lipinski definition) is 1. The lowest BCUT2D eigenvalue weighted by molar-refractivity contribution is -0.113. The molecule has 0 saturated carbocycles. The summed E-state index contributed by atoms with van der Waals surface area (Å²) in [4.78, 5) is 24.0. The van der Waals surface area contributed by atoms with Crippen molar-refractivity contribution in [3.63, 3.8) is 0 Å². The number of ketones is 1. The molecule has 0 bridgehead atoms. The van der Waals surface area contributed by atoms with Gasteiger partial charge in [-0.2, -0.15) is 0 Å². The SMILES string of the molecule is COc1ccc(-c2nnc(SCC(=O)Nc3ccccc3C(C)=O)n2C)cc1. The summed E-state index contributed by atoms with van der Waals surface area (Å²) >= 11 is 1.28. The molecule has 3 aromatic rings. The molecule has 0 aliphatic rings. The average Bonchev–Trinajstić information content (AvgIpc) is 3.07. The second kappa shape index (κ2) is 8.71. The maximum Gasteiger partial charge on any atom is 0.234 e. The van der Waals surface area contributed by atoms with Crippen LogP contribution in [0.2, 0.25) is 0 Å². The number of carbonyl (C=O) groups is 2. The Morgan fingerprint density at radius 1 is 1.11 bits per heavy atom. The topological polar surface area (TPSA) is 86.1 Å². The molecule has 7 nitrogen and oxygen atoms in total. The minimum Gasteiger partial charge on any atom is -0.497 e. The predicted octanol–water partition coefficient (Wildman–Crippen LogP) is 3.42. The number of carbonyl (C=O) groups excluding carboxylic acids is 2. The van der Waals surface area contributed by atoms with Crippen molar-refractivity contribution in [1.82, 2.24) is 14.8 Å². The van der Waals surface area contributed by atoms with Gasteiger partial charge in [0.05, 0.1) is 18.6 Å². The summed E-state index contributed by atoms with van der Waals surface area (Å²) in [5, 5.41) is 11.8. The molecular formula is C20H20N4O3S. The zero-order valence-electron chi connectivity index (χ0n) is 15.8. The molecule has 144 valence electrons. The van der Waals surface area contributed by atoms with Crippen LogP contribution in [0.5, 0.6) is 5.75 Å². The number of amides is 1.